The van der Waals surface area contributed by atoms with Crippen LogP contribution in [-0.4, -0.2) is 30.9 Å². The lowest BCUT2D eigenvalue weighted by atomic mass is 10.1. The van der Waals surface area contributed by atoms with Gasteiger partial charge in [0.25, 0.3) is 5.91 Å². The number of carbonyl (C=O) groups excluding carboxylic acids is 3. The highest BCUT2D eigenvalue weighted by atomic mass is 16.5. The molecule has 4 rings (SSSR count). The SMILES string of the molecule is Cc1cccc(NC(=O)COc2ccc(N3C[C@H](C(=O)NCc4ccco4)CC3=O)cc2)c1. The number of hydrogen-bond donors (Lipinski definition) is 2. The minimum atomic E-state index is -0.422. The molecule has 8 nitrogen and oxygen atoms in total. The molecule has 1 aliphatic heterocycles. The van der Waals surface area contributed by atoms with Crippen molar-refractivity contribution in [2.75, 3.05) is 23.4 Å². The van der Waals surface area contributed by atoms with E-state index in [1.807, 2.05) is 31.2 Å². The van der Waals surface area contributed by atoms with E-state index < -0.39 is 5.92 Å². The van der Waals surface area contributed by atoms with E-state index >= 15 is 0 Å². The lowest BCUT2D eigenvalue weighted by Crippen LogP contribution is -2.32. The number of hydrogen-bond acceptors (Lipinski definition) is 5. The van der Waals surface area contributed by atoms with Crippen molar-refractivity contribution in [2.45, 2.75) is 19.9 Å². The molecule has 170 valence electrons. The van der Waals surface area contributed by atoms with Gasteiger partial charge in [-0.05, 0) is 61.0 Å². The Morgan fingerprint density at radius 3 is 2.67 bits per heavy atom. The molecule has 8 heteroatoms. The molecule has 3 aromatic rings. The third kappa shape index (κ3) is 5.79. The van der Waals surface area contributed by atoms with E-state index in [1.165, 1.54) is 0 Å². The minimum absolute atomic E-state index is 0.112. The molecule has 0 unspecified atom stereocenters. The van der Waals surface area contributed by atoms with E-state index in [4.69, 9.17) is 9.15 Å². The summed E-state index contributed by atoms with van der Waals surface area (Å²) in [6, 6.07) is 17.9. The number of nitrogens with one attached hydrogen (secondary N) is 2. The number of carbonyl (C=O) groups is 3. The fourth-order valence-corrected chi connectivity index (χ4v) is 3.66. The van der Waals surface area contributed by atoms with Gasteiger partial charge in [-0.1, -0.05) is 12.1 Å². The predicted molar refractivity (Wildman–Crippen MR) is 123 cm³/mol. The van der Waals surface area contributed by atoms with Gasteiger partial charge in [0, 0.05) is 24.3 Å². The summed E-state index contributed by atoms with van der Waals surface area (Å²) in [4.78, 5) is 38.6. The van der Waals surface area contributed by atoms with Crippen LogP contribution in [0.3, 0.4) is 0 Å². The summed E-state index contributed by atoms with van der Waals surface area (Å²) < 4.78 is 10.8. The van der Waals surface area contributed by atoms with Gasteiger partial charge in [0.05, 0.1) is 18.7 Å². The number of rotatable bonds is 8. The molecular weight excluding hydrogens is 422 g/mol. The van der Waals surface area contributed by atoms with Gasteiger partial charge in [0.2, 0.25) is 11.8 Å². The fourth-order valence-electron chi connectivity index (χ4n) is 3.66. The Labute approximate surface area is 191 Å². The molecular formula is C25H25N3O5. The molecule has 1 fully saturated rings. The maximum absolute atomic E-state index is 12.5. The standard InChI is InChI=1S/C25H25N3O5/c1-17-4-2-5-19(12-17)27-23(29)16-33-21-9-7-20(8-10-21)28-15-18(13-24(28)30)25(31)26-14-22-6-3-11-32-22/h2-12,18H,13-16H2,1H3,(H,26,31)(H,27,29)/t18-/m1/s1. The lowest BCUT2D eigenvalue weighted by Gasteiger charge is -2.17. The summed E-state index contributed by atoms with van der Waals surface area (Å²) >= 11 is 0. The first-order chi connectivity index (χ1) is 16.0. The molecule has 1 aliphatic rings. The van der Waals surface area contributed by atoms with Gasteiger partial charge in [0.1, 0.15) is 11.5 Å². The van der Waals surface area contributed by atoms with E-state index in [-0.39, 0.29) is 30.7 Å². The van der Waals surface area contributed by atoms with Gasteiger partial charge < -0.3 is 24.7 Å². The summed E-state index contributed by atoms with van der Waals surface area (Å²) in [5, 5.41) is 5.60. The van der Waals surface area contributed by atoms with E-state index in [0.717, 1.165) is 5.56 Å². The van der Waals surface area contributed by atoms with Crippen molar-refractivity contribution in [1.82, 2.24) is 5.32 Å². The molecule has 0 radical (unpaired) electrons. The van der Waals surface area contributed by atoms with Crippen molar-refractivity contribution in [2.24, 2.45) is 5.92 Å². The number of anilines is 2. The highest BCUT2D eigenvalue weighted by Crippen LogP contribution is 2.27. The molecule has 0 spiro atoms. The second kappa shape index (κ2) is 10.0. The van der Waals surface area contributed by atoms with E-state index in [0.29, 0.717) is 36.0 Å². The van der Waals surface area contributed by atoms with Gasteiger partial charge in [-0.2, -0.15) is 0 Å². The van der Waals surface area contributed by atoms with Crippen LogP contribution in [-0.2, 0) is 20.9 Å². The Morgan fingerprint density at radius 2 is 1.94 bits per heavy atom. The summed E-state index contributed by atoms with van der Waals surface area (Å²) in [6.45, 7) is 2.42. The maximum atomic E-state index is 12.5. The smallest absolute Gasteiger partial charge is 0.262 e. The summed E-state index contributed by atoms with van der Waals surface area (Å²) in [5.41, 5.74) is 2.45. The number of amides is 3. The van der Waals surface area contributed by atoms with Crippen molar-refractivity contribution in [3.8, 4) is 5.75 Å². The summed E-state index contributed by atoms with van der Waals surface area (Å²) in [6.07, 6.45) is 1.70. The lowest BCUT2D eigenvalue weighted by molar-refractivity contribution is -0.126. The fraction of sp³-hybridized carbons (Fsp3) is 0.240. The van der Waals surface area contributed by atoms with Crippen molar-refractivity contribution < 1.29 is 23.5 Å². The average Bonchev–Trinajstić information content (AvgIpc) is 3.46. The van der Waals surface area contributed by atoms with Crippen molar-refractivity contribution in [3.05, 3.63) is 78.3 Å². The minimum Gasteiger partial charge on any atom is -0.484 e. The Bertz CT molecular complexity index is 1130. The summed E-state index contributed by atoms with van der Waals surface area (Å²) in [5.74, 6) is 0.197. The van der Waals surface area contributed by atoms with Crippen LogP contribution in [0.5, 0.6) is 5.75 Å². The molecule has 33 heavy (non-hydrogen) atoms. The third-order valence-corrected chi connectivity index (χ3v) is 5.33. The van der Waals surface area contributed by atoms with Crippen molar-refractivity contribution >= 4 is 29.1 Å². The van der Waals surface area contributed by atoms with Crippen LogP contribution in [0.2, 0.25) is 0 Å². The molecule has 1 aromatic heterocycles. The van der Waals surface area contributed by atoms with Gasteiger partial charge in [0.15, 0.2) is 6.61 Å². The quantitative estimate of drug-likeness (QED) is 0.552. The highest BCUT2D eigenvalue weighted by Gasteiger charge is 2.35. The first kappa shape index (κ1) is 22.1. The Morgan fingerprint density at radius 1 is 1.12 bits per heavy atom. The molecule has 2 heterocycles. The zero-order valence-corrected chi connectivity index (χ0v) is 18.2. The second-order valence-corrected chi connectivity index (χ2v) is 7.90. The predicted octanol–water partition coefficient (Wildman–Crippen LogP) is 3.27. The van der Waals surface area contributed by atoms with Gasteiger partial charge in [-0.3, -0.25) is 14.4 Å². The molecule has 2 aromatic carbocycles. The average molecular weight is 447 g/mol. The van der Waals surface area contributed by atoms with Crippen LogP contribution in [0.4, 0.5) is 11.4 Å². The van der Waals surface area contributed by atoms with E-state index in [9.17, 15) is 14.4 Å². The van der Waals surface area contributed by atoms with Crippen LogP contribution in [0, 0.1) is 12.8 Å². The Balaban J connectivity index is 1.27. The zero-order chi connectivity index (χ0) is 23.2. The number of aryl methyl sites for hydroxylation is 1. The first-order valence-corrected chi connectivity index (χ1v) is 10.7. The summed E-state index contributed by atoms with van der Waals surface area (Å²) in [7, 11) is 0. The third-order valence-electron chi connectivity index (χ3n) is 5.33. The van der Waals surface area contributed by atoms with Crippen molar-refractivity contribution in [3.63, 3.8) is 0 Å². The number of furan rings is 1. The number of nitrogens with zero attached hydrogens (tertiary/aromatic N) is 1. The van der Waals surface area contributed by atoms with Crippen LogP contribution < -0.4 is 20.3 Å². The largest absolute Gasteiger partial charge is 0.484 e. The monoisotopic (exact) mass is 447 g/mol. The molecule has 0 saturated carbocycles. The van der Waals surface area contributed by atoms with Gasteiger partial charge in [-0.25, -0.2) is 0 Å². The molecule has 0 bridgehead atoms. The Kier molecular flexibility index (Phi) is 6.73. The van der Waals surface area contributed by atoms with E-state index in [1.54, 1.807) is 47.6 Å². The molecule has 2 N–H and O–H groups in total. The maximum Gasteiger partial charge on any atom is 0.262 e. The van der Waals surface area contributed by atoms with Gasteiger partial charge >= 0.3 is 0 Å². The van der Waals surface area contributed by atoms with Gasteiger partial charge in [-0.15, -0.1) is 0 Å². The van der Waals surface area contributed by atoms with Crippen LogP contribution in [0.25, 0.3) is 0 Å². The van der Waals surface area contributed by atoms with Crippen LogP contribution >= 0.6 is 0 Å². The molecule has 3 amide bonds. The molecule has 0 aliphatic carbocycles. The topological polar surface area (TPSA) is 101 Å². The highest BCUT2D eigenvalue weighted by molar-refractivity contribution is 6.00. The first-order valence-electron chi connectivity index (χ1n) is 10.7. The Hall–Kier alpha value is -4.07. The number of ether oxygens (including phenoxy) is 1. The molecule has 1 saturated heterocycles. The zero-order valence-electron chi connectivity index (χ0n) is 18.2. The van der Waals surface area contributed by atoms with Crippen LogP contribution in [0.15, 0.2) is 71.3 Å². The van der Waals surface area contributed by atoms with Crippen LogP contribution in [0.1, 0.15) is 17.7 Å². The normalized spacial score (nSPS) is 15.4. The number of benzene rings is 2. The van der Waals surface area contributed by atoms with Crippen molar-refractivity contribution in [1.29, 1.82) is 0 Å². The second-order valence-electron chi connectivity index (χ2n) is 7.90. The van der Waals surface area contributed by atoms with E-state index in [2.05, 4.69) is 10.6 Å². The molecule has 1 atom stereocenters.